The van der Waals surface area contributed by atoms with Crippen molar-refractivity contribution in [3.63, 3.8) is 0 Å². The lowest BCUT2D eigenvalue weighted by Gasteiger charge is -2.10. The zero-order valence-electron chi connectivity index (χ0n) is 14.4. The number of hydrogen-bond acceptors (Lipinski definition) is 5. The summed E-state index contributed by atoms with van der Waals surface area (Å²) in [6.45, 7) is 1.58. The van der Waals surface area contributed by atoms with E-state index in [0.29, 0.717) is 22.6 Å². The van der Waals surface area contributed by atoms with Crippen molar-refractivity contribution in [2.75, 3.05) is 7.11 Å². The van der Waals surface area contributed by atoms with E-state index in [1.54, 1.807) is 31.2 Å². The fraction of sp³-hybridized carbons (Fsp3) is 0.111. The van der Waals surface area contributed by atoms with E-state index in [2.05, 4.69) is 15.3 Å². The number of rotatable bonds is 3. The van der Waals surface area contributed by atoms with Gasteiger partial charge in [0.05, 0.1) is 18.3 Å². The van der Waals surface area contributed by atoms with Crippen LogP contribution in [0.3, 0.4) is 0 Å². The molecule has 0 saturated heterocycles. The third kappa shape index (κ3) is 2.69. The molecule has 0 saturated carbocycles. The molecular weight excluding hydrogens is 353 g/mol. The molecule has 8 nitrogen and oxygen atoms in total. The minimum atomic E-state index is -0.758. The standard InChI is InChI=1S/C18H14FN5O3/c1-10-7-17(25)23(18(26)20-10)14-9-15-12(8-11(14)19)21-22-24(15)13-5-3-4-6-16(13)27-2/h3-9H,1-2H3,(H,20,26). The topological polar surface area (TPSA) is 94.8 Å². The van der Waals surface area contributed by atoms with Gasteiger partial charge in [0.15, 0.2) is 0 Å². The number of hydrogen-bond donors (Lipinski definition) is 1. The molecule has 136 valence electrons. The maximum Gasteiger partial charge on any atom is 0.333 e. The van der Waals surface area contributed by atoms with Gasteiger partial charge in [-0.1, -0.05) is 17.3 Å². The summed E-state index contributed by atoms with van der Waals surface area (Å²) in [5, 5.41) is 8.02. The van der Waals surface area contributed by atoms with Crippen LogP contribution in [0.2, 0.25) is 0 Å². The smallest absolute Gasteiger partial charge is 0.333 e. The van der Waals surface area contributed by atoms with E-state index in [-0.39, 0.29) is 11.2 Å². The third-order valence-electron chi connectivity index (χ3n) is 4.14. The van der Waals surface area contributed by atoms with Gasteiger partial charge >= 0.3 is 5.69 Å². The quantitative estimate of drug-likeness (QED) is 0.595. The highest BCUT2D eigenvalue weighted by molar-refractivity contribution is 5.79. The highest BCUT2D eigenvalue weighted by atomic mass is 19.1. The second-order valence-corrected chi connectivity index (χ2v) is 5.90. The molecular formula is C18H14FN5O3. The van der Waals surface area contributed by atoms with Gasteiger partial charge in [0, 0.05) is 17.8 Å². The molecule has 1 N–H and O–H groups in total. The molecule has 0 radical (unpaired) electrons. The van der Waals surface area contributed by atoms with E-state index in [1.807, 2.05) is 0 Å². The van der Waals surface area contributed by atoms with Crippen LogP contribution in [0.1, 0.15) is 5.69 Å². The van der Waals surface area contributed by atoms with E-state index in [1.165, 1.54) is 23.9 Å². The van der Waals surface area contributed by atoms with Crippen LogP contribution in [-0.2, 0) is 0 Å². The van der Waals surface area contributed by atoms with Crippen LogP contribution >= 0.6 is 0 Å². The van der Waals surface area contributed by atoms with Gasteiger partial charge < -0.3 is 9.72 Å². The fourth-order valence-corrected chi connectivity index (χ4v) is 2.92. The molecule has 9 heteroatoms. The van der Waals surface area contributed by atoms with Crippen LogP contribution < -0.4 is 16.0 Å². The molecule has 0 fully saturated rings. The van der Waals surface area contributed by atoms with Gasteiger partial charge in [0.1, 0.15) is 22.8 Å². The van der Waals surface area contributed by atoms with E-state index in [4.69, 9.17) is 4.74 Å². The van der Waals surface area contributed by atoms with Crippen LogP contribution in [0, 0.1) is 12.7 Å². The summed E-state index contributed by atoms with van der Waals surface area (Å²) in [5.74, 6) is -0.216. The largest absolute Gasteiger partial charge is 0.494 e. The number of aromatic nitrogens is 5. The molecule has 2 aromatic carbocycles. The summed E-state index contributed by atoms with van der Waals surface area (Å²) in [6, 6.07) is 10.8. The minimum absolute atomic E-state index is 0.188. The van der Waals surface area contributed by atoms with Gasteiger partial charge in [-0.25, -0.2) is 18.4 Å². The molecule has 0 spiro atoms. The lowest BCUT2D eigenvalue weighted by molar-refractivity contribution is 0.412. The summed E-state index contributed by atoms with van der Waals surface area (Å²) in [7, 11) is 1.52. The first-order valence-electron chi connectivity index (χ1n) is 8.01. The predicted molar refractivity (Wildman–Crippen MR) is 96.3 cm³/mol. The minimum Gasteiger partial charge on any atom is -0.494 e. The monoisotopic (exact) mass is 367 g/mol. The Labute approximate surface area is 151 Å². The highest BCUT2D eigenvalue weighted by Gasteiger charge is 2.17. The predicted octanol–water partition coefficient (Wildman–Crippen LogP) is 1.72. The zero-order valence-corrected chi connectivity index (χ0v) is 14.4. The van der Waals surface area contributed by atoms with E-state index >= 15 is 0 Å². The number of ether oxygens (including phenoxy) is 1. The molecule has 0 atom stereocenters. The third-order valence-corrected chi connectivity index (χ3v) is 4.14. The molecule has 2 aromatic heterocycles. The lowest BCUT2D eigenvalue weighted by Crippen LogP contribution is -2.34. The number of aromatic amines is 1. The Hall–Kier alpha value is -3.75. The van der Waals surface area contributed by atoms with Crippen molar-refractivity contribution in [1.29, 1.82) is 0 Å². The van der Waals surface area contributed by atoms with Crippen molar-refractivity contribution in [3.8, 4) is 17.1 Å². The summed E-state index contributed by atoms with van der Waals surface area (Å²) in [6.07, 6.45) is 0. The molecule has 4 aromatic rings. The second-order valence-electron chi connectivity index (χ2n) is 5.90. The average molecular weight is 367 g/mol. The number of aryl methyl sites for hydroxylation is 1. The number of nitrogens with one attached hydrogen (secondary N) is 1. The van der Waals surface area contributed by atoms with Crippen molar-refractivity contribution in [3.05, 3.63) is 74.8 Å². The van der Waals surface area contributed by atoms with Gasteiger partial charge in [0.2, 0.25) is 0 Å². The molecule has 0 aliphatic rings. The average Bonchev–Trinajstić information content (AvgIpc) is 3.03. The number of benzene rings is 2. The summed E-state index contributed by atoms with van der Waals surface area (Å²) in [4.78, 5) is 27.0. The highest BCUT2D eigenvalue weighted by Crippen LogP contribution is 2.26. The molecule has 4 rings (SSSR count). The Morgan fingerprint density at radius 1 is 1.11 bits per heavy atom. The van der Waals surface area contributed by atoms with Crippen LogP contribution in [0.15, 0.2) is 52.1 Å². The van der Waals surface area contributed by atoms with Crippen molar-refractivity contribution in [2.24, 2.45) is 0 Å². The molecule has 0 unspecified atom stereocenters. The van der Waals surface area contributed by atoms with Crippen molar-refractivity contribution in [1.82, 2.24) is 24.5 Å². The molecule has 2 heterocycles. The maximum absolute atomic E-state index is 14.6. The van der Waals surface area contributed by atoms with E-state index in [0.717, 1.165) is 10.6 Å². The number of para-hydroxylation sites is 2. The SMILES string of the molecule is COc1ccccc1-n1nnc2cc(F)c(-n3c(=O)cc(C)[nH]c3=O)cc21. The number of nitrogens with zero attached hydrogens (tertiary/aromatic N) is 4. The molecule has 0 bridgehead atoms. The summed E-state index contributed by atoms with van der Waals surface area (Å²) >= 11 is 0. The van der Waals surface area contributed by atoms with Crippen LogP contribution in [-0.4, -0.2) is 31.7 Å². The normalized spacial score (nSPS) is 11.1. The number of H-pyrrole nitrogens is 1. The van der Waals surface area contributed by atoms with Crippen molar-refractivity contribution < 1.29 is 9.13 Å². The lowest BCUT2D eigenvalue weighted by atomic mass is 10.2. The van der Waals surface area contributed by atoms with Crippen molar-refractivity contribution >= 4 is 11.0 Å². The molecule has 0 amide bonds. The van der Waals surface area contributed by atoms with Crippen molar-refractivity contribution in [2.45, 2.75) is 6.92 Å². The first-order valence-corrected chi connectivity index (χ1v) is 8.01. The van der Waals surface area contributed by atoms with Gasteiger partial charge in [-0.15, -0.1) is 5.10 Å². The van der Waals surface area contributed by atoms with E-state index in [9.17, 15) is 14.0 Å². The summed E-state index contributed by atoms with van der Waals surface area (Å²) < 4.78 is 22.1. The summed E-state index contributed by atoms with van der Waals surface area (Å²) in [5.41, 5.74) is 0.128. The number of halogens is 1. The number of fused-ring (bicyclic) bond motifs is 1. The molecule has 27 heavy (non-hydrogen) atoms. The van der Waals surface area contributed by atoms with Crippen LogP contribution in [0.4, 0.5) is 4.39 Å². The Morgan fingerprint density at radius 2 is 1.89 bits per heavy atom. The van der Waals surface area contributed by atoms with Gasteiger partial charge in [-0.05, 0) is 25.1 Å². The van der Waals surface area contributed by atoms with Gasteiger partial charge in [-0.2, -0.15) is 0 Å². The zero-order chi connectivity index (χ0) is 19.1. The first kappa shape index (κ1) is 16.7. The Morgan fingerprint density at radius 3 is 2.63 bits per heavy atom. The van der Waals surface area contributed by atoms with Crippen LogP contribution in [0.5, 0.6) is 5.75 Å². The Kier molecular flexibility index (Phi) is 3.84. The molecule has 0 aliphatic heterocycles. The fourth-order valence-electron chi connectivity index (χ4n) is 2.92. The van der Waals surface area contributed by atoms with Gasteiger partial charge in [0.25, 0.3) is 5.56 Å². The Bertz CT molecular complexity index is 1260. The number of methoxy groups -OCH3 is 1. The first-order chi connectivity index (χ1) is 13.0. The van der Waals surface area contributed by atoms with E-state index < -0.39 is 17.1 Å². The van der Waals surface area contributed by atoms with Gasteiger partial charge in [-0.3, -0.25) is 4.79 Å². The molecule has 0 aliphatic carbocycles. The van der Waals surface area contributed by atoms with Crippen LogP contribution in [0.25, 0.3) is 22.4 Å². The second kappa shape index (κ2) is 6.20. The Balaban J connectivity index is 2.02. The maximum atomic E-state index is 14.6.